The van der Waals surface area contributed by atoms with Gasteiger partial charge in [-0.05, 0) is 119 Å². The van der Waals surface area contributed by atoms with Crippen molar-refractivity contribution in [2.75, 3.05) is 13.2 Å². The Balaban J connectivity index is 1.21. The van der Waals surface area contributed by atoms with E-state index < -0.39 is 11.9 Å². The molecule has 0 atom stereocenters. The summed E-state index contributed by atoms with van der Waals surface area (Å²) < 4.78 is 23.5. The molecular weight excluding hydrogens is 897 g/mol. The van der Waals surface area contributed by atoms with Crippen LogP contribution in [0, 0.1) is 45.3 Å². The molecule has 5 rings (SSSR count). The van der Waals surface area contributed by atoms with Crippen LogP contribution in [0.15, 0.2) is 84.9 Å². The van der Waals surface area contributed by atoms with E-state index in [9.17, 15) is 30.6 Å². The van der Waals surface area contributed by atoms with Crippen LogP contribution in [0.5, 0.6) is 23.0 Å². The molecule has 0 unspecified atom stereocenters. The number of nitrogens with zero attached hydrogens (tertiary/aromatic N) is 4. The molecule has 0 bridgehead atoms. The summed E-state index contributed by atoms with van der Waals surface area (Å²) in [7, 11) is 0. The first-order valence-corrected chi connectivity index (χ1v) is 26.6. The fraction of sp³-hybridized carbons (Fsp3) is 0.452. The number of esters is 2. The quantitative estimate of drug-likeness (QED) is 0.0175. The Bertz CT molecular complexity index is 2600. The average Bonchev–Trinajstić information content (AvgIpc) is 3.40. The molecule has 10 heteroatoms. The Morgan fingerprint density at radius 2 is 0.639 bits per heavy atom. The lowest BCUT2D eigenvalue weighted by Crippen LogP contribution is -2.19. The minimum Gasteiger partial charge on any atom is -0.494 e. The highest BCUT2D eigenvalue weighted by molar-refractivity contribution is 6.07. The molecule has 0 heterocycles. The number of rotatable bonds is 32. The fourth-order valence-corrected chi connectivity index (χ4v) is 9.10. The summed E-state index contributed by atoms with van der Waals surface area (Å²) in [5.74, 6) is 0.254. The van der Waals surface area contributed by atoms with Gasteiger partial charge in [0, 0.05) is 10.4 Å². The molecule has 0 aliphatic rings. The lowest BCUT2D eigenvalue weighted by atomic mass is 9.93. The molecule has 0 amide bonds. The van der Waals surface area contributed by atoms with E-state index in [1.807, 2.05) is 24.3 Å². The Morgan fingerprint density at radius 3 is 0.931 bits per heavy atom. The number of carbonyl (C=O) groups excluding carboxylic acids is 2. The highest BCUT2D eigenvalue weighted by Gasteiger charge is 2.18. The normalized spacial score (nSPS) is 10.8. The van der Waals surface area contributed by atoms with Crippen LogP contribution in [0.4, 0.5) is 0 Å². The van der Waals surface area contributed by atoms with E-state index in [1.165, 1.54) is 153 Å². The first kappa shape index (κ1) is 55.8. The van der Waals surface area contributed by atoms with Gasteiger partial charge in [-0.15, -0.1) is 0 Å². The van der Waals surface area contributed by atoms with Gasteiger partial charge in [-0.3, -0.25) is 0 Å². The predicted molar refractivity (Wildman–Crippen MR) is 286 cm³/mol. The number of hydrogen-bond acceptors (Lipinski definition) is 10. The van der Waals surface area contributed by atoms with Crippen molar-refractivity contribution in [3.05, 3.63) is 106 Å². The van der Waals surface area contributed by atoms with Gasteiger partial charge in [-0.2, -0.15) is 21.0 Å². The lowest BCUT2D eigenvalue weighted by molar-refractivity contribution is 0.0725. The van der Waals surface area contributed by atoms with Gasteiger partial charge in [-0.1, -0.05) is 155 Å². The third-order valence-electron chi connectivity index (χ3n) is 13.1. The number of carbonyl (C=O) groups is 2. The summed E-state index contributed by atoms with van der Waals surface area (Å²) in [5.41, 5.74) is 0.0739. The Kier molecular flexibility index (Phi) is 24.8. The number of hydrogen-bond donors (Lipinski definition) is 0. The maximum atomic E-state index is 13.4. The highest BCUT2D eigenvalue weighted by atomic mass is 16.5. The minimum absolute atomic E-state index is 0.114. The number of unbranched alkanes of at least 4 members (excludes halogenated alkanes) is 22. The summed E-state index contributed by atoms with van der Waals surface area (Å²) in [6, 6.07) is 30.5. The topological polar surface area (TPSA) is 166 Å². The van der Waals surface area contributed by atoms with Gasteiger partial charge in [0.2, 0.25) is 0 Å². The minimum atomic E-state index is -0.640. The highest BCUT2D eigenvalue weighted by Crippen LogP contribution is 2.26. The van der Waals surface area contributed by atoms with Gasteiger partial charge in [0.1, 0.15) is 58.4 Å². The first-order valence-electron chi connectivity index (χ1n) is 26.6. The summed E-state index contributed by atoms with van der Waals surface area (Å²) in [6.07, 6.45) is 30.4. The van der Waals surface area contributed by atoms with Crippen molar-refractivity contribution in [2.45, 2.75) is 168 Å². The van der Waals surface area contributed by atoms with Gasteiger partial charge in [0.25, 0.3) is 0 Å². The fourth-order valence-electron chi connectivity index (χ4n) is 9.10. The Labute approximate surface area is 427 Å². The van der Waals surface area contributed by atoms with Crippen LogP contribution >= 0.6 is 0 Å². The van der Waals surface area contributed by atoms with Crippen LogP contribution in [-0.4, -0.2) is 25.2 Å². The lowest BCUT2D eigenvalue weighted by Gasteiger charge is -2.12. The molecule has 0 radical (unpaired) electrons. The molecule has 0 saturated carbocycles. The first-order chi connectivity index (χ1) is 35.3. The van der Waals surface area contributed by atoms with E-state index in [2.05, 4.69) is 13.8 Å². The predicted octanol–water partition coefficient (Wildman–Crippen LogP) is 15.0. The van der Waals surface area contributed by atoms with E-state index in [4.69, 9.17) is 18.9 Å². The SMILES string of the molecule is CCCCCCCCCCCCCCOc1ccc(C(=O)Oc2ccc3c(=C(C#N)C#N)c4cc(OC(=O)c5ccc(OCCCCCCCCCCCCCC)cc5)ccc4c(=C(C#N)C#N)c3c2)cc1. The molecule has 5 aromatic carbocycles. The smallest absolute Gasteiger partial charge is 0.343 e. The van der Waals surface area contributed by atoms with Crippen molar-refractivity contribution in [2.24, 2.45) is 0 Å². The van der Waals surface area contributed by atoms with Crippen molar-refractivity contribution in [3.63, 3.8) is 0 Å². The monoisotopic (exact) mass is 969 g/mol. The van der Waals surface area contributed by atoms with E-state index >= 15 is 0 Å². The number of nitriles is 4. The maximum absolute atomic E-state index is 13.4. The molecular formula is C62H72N4O6. The zero-order chi connectivity index (χ0) is 51.2. The van der Waals surface area contributed by atoms with Crippen LogP contribution in [0.25, 0.3) is 32.7 Å². The number of fused-ring (bicyclic) bond motifs is 2. The van der Waals surface area contributed by atoms with Crippen LogP contribution < -0.4 is 29.4 Å². The van der Waals surface area contributed by atoms with Crippen molar-refractivity contribution in [1.82, 2.24) is 0 Å². The van der Waals surface area contributed by atoms with Crippen LogP contribution in [0.3, 0.4) is 0 Å². The molecule has 0 aliphatic heterocycles. The van der Waals surface area contributed by atoms with Gasteiger partial charge < -0.3 is 18.9 Å². The van der Waals surface area contributed by atoms with Crippen LogP contribution in [0.1, 0.15) is 189 Å². The van der Waals surface area contributed by atoms with Crippen molar-refractivity contribution < 1.29 is 28.5 Å². The molecule has 10 nitrogen and oxygen atoms in total. The standard InChI is InChI=1S/C62H72N4O6/c1-3-5-7-9-11-13-15-17-19-21-23-25-39-69-51-31-27-47(28-32-51)61(67)71-53-35-37-55-57(41-53)59(49(43-63)44-64)56-38-36-54(42-58(56)60(55)50(45-65)46-66)72-62(68)48-29-33-52(34-30-48)70-40-26-24-22-20-18-16-14-12-10-8-6-4-2/h27-38,41-42H,3-26,39-40H2,1-2H3. The van der Waals surface area contributed by atoms with Gasteiger partial charge >= 0.3 is 11.9 Å². The molecule has 0 saturated heterocycles. The molecule has 72 heavy (non-hydrogen) atoms. The second-order valence-electron chi connectivity index (χ2n) is 18.7. The van der Waals surface area contributed by atoms with Crippen molar-refractivity contribution >= 4 is 44.6 Å². The maximum Gasteiger partial charge on any atom is 0.343 e. The van der Waals surface area contributed by atoms with Gasteiger partial charge in [0.15, 0.2) is 0 Å². The van der Waals surface area contributed by atoms with Crippen molar-refractivity contribution in [3.8, 4) is 47.3 Å². The molecule has 0 fully saturated rings. The number of ether oxygens (including phenoxy) is 4. The second kappa shape index (κ2) is 32.0. The summed E-state index contributed by atoms with van der Waals surface area (Å²) >= 11 is 0. The van der Waals surface area contributed by atoms with Crippen molar-refractivity contribution in [1.29, 1.82) is 21.0 Å². The zero-order valence-corrected chi connectivity index (χ0v) is 42.7. The third-order valence-corrected chi connectivity index (χ3v) is 13.1. The number of benzene rings is 5. The van der Waals surface area contributed by atoms with E-state index in [0.29, 0.717) is 46.3 Å². The average molecular weight is 969 g/mol. The zero-order valence-electron chi connectivity index (χ0n) is 42.7. The van der Waals surface area contributed by atoms with E-state index in [0.717, 1.165) is 25.7 Å². The Morgan fingerprint density at radius 1 is 0.361 bits per heavy atom. The summed E-state index contributed by atoms with van der Waals surface area (Å²) in [4.78, 5) is 26.8. The molecule has 0 aliphatic carbocycles. The van der Waals surface area contributed by atoms with Gasteiger partial charge in [-0.25, -0.2) is 9.59 Å². The third kappa shape index (κ3) is 17.6. The van der Waals surface area contributed by atoms with Crippen LogP contribution in [0.2, 0.25) is 0 Å². The summed E-state index contributed by atoms with van der Waals surface area (Å²) in [5, 5.41) is 42.4. The molecule has 0 N–H and O–H groups in total. The largest absolute Gasteiger partial charge is 0.494 e. The van der Waals surface area contributed by atoms with Gasteiger partial charge in [0.05, 0.1) is 24.3 Å². The van der Waals surface area contributed by atoms with Crippen LogP contribution in [-0.2, 0) is 0 Å². The second-order valence-corrected chi connectivity index (χ2v) is 18.7. The molecule has 0 spiro atoms. The summed E-state index contributed by atoms with van der Waals surface area (Å²) in [6.45, 7) is 5.68. The molecule has 0 aromatic heterocycles. The van der Waals surface area contributed by atoms with E-state index in [-0.39, 0.29) is 44.2 Å². The van der Waals surface area contributed by atoms with E-state index in [1.54, 1.807) is 60.7 Å². The Hall–Kier alpha value is -7.14. The molecule has 376 valence electrons. The molecule has 5 aromatic rings.